The maximum absolute atomic E-state index is 10.4. The molecule has 2 aromatic carbocycles. The van der Waals surface area contributed by atoms with Gasteiger partial charge in [-0.15, -0.1) is 0 Å². The fraction of sp³-hybridized carbons (Fsp3) is 0.200. The summed E-state index contributed by atoms with van der Waals surface area (Å²) in [7, 11) is 0. The Labute approximate surface area is 111 Å². The van der Waals surface area contributed by atoms with Crippen LogP contribution in [-0.4, -0.2) is 11.7 Å². The maximum atomic E-state index is 10.4. The third kappa shape index (κ3) is 1.98. The van der Waals surface area contributed by atoms with E-state index in [9.17, 15) is 5.11 Å². The number of fused-ring (bicyclic) bond motifs is 1. The molecule has 1 unspecified atom stereocenters. The lowest BCUT2D eigenvalue weighted by atomic mass is 9.98. The number of ether oxygens (including phenoxy) is 1. The maximum Gasteiger partial charge on any atom is 0.128 e. The van der Waals surface area contributed by atoms with Crippen molar-refractivity contribution in [1.82, 2.24) is 0 Å². The van der Waals surface area contributed by atoms with Crippen molar-refractivity contribution in [3.63, 3.8) is 0 Å². The van der Waals surface area contributed by atoms with Gasteiger partial charge in [0, 0.05) is 17.0 Å². The summed E-state index contributed by atoms with van der Waals surface area (Å²) in [6, 6.07) is 13.1. The van der Waals surface area contributed by atoms with E-state index in [1.165, 1.54) is 5.56 Å². The van der Waals surface area contributed by atoms with Crippen molar-refractivity contribution in [1.29, 1.82) is 0 Å². The lowest BCUT2D eigenvalue weighted by Crippen LogP contribution is -2.02. The first-order valence-corrected chi connectivity index (χ1v) is 6.31. The summed E-state index contributed by atoms with van der Waals surface area (Å²) in [6.45, 7) is 0.694. The highest BCUT2D eigenvalue weighted by Crippen LogP contribution is 2.36. The summed E-state index contributed by atoms with van der Waals surface area (Å²) in [5, 5.41) is 11.1. The summed E-state index contributed by atoms with van der Waals surface area (Å²) in [4.78, 5) is 0. The molecule has 2 aromatic rings. The molecular weight excluding hydrogens is 248 g/mol. The van der Waals surface area contributed by atoms with Crippen LogP contribution in [0.5, 0.6) is 5.75 Å². The Morgan fingerprint density at radius 2 is 1.89 bits per heavy atom. The van der Waals surface area contributed by atoms with Gasteiger partial charge in [-0.1, -0.05) is 41.9 Å². The number of aliphatic hydroxyl groups excluding tert-OH is 1. The van der Waals surface area contributed by atoms with E-state index in [0.29, 0.717) is 11.6 Å². The van der Waals surface area contributed by atoms with Gasteiger partial charge in [0.2, 0.25) is 0 Å². The number of hydrogen-bond donors (Lipinski definition) is 1. The summed E-state index contributed by atoms with van der Waals surface area (Å²) in [5.74, 6) is 0.833. The molecule has 0 amide bonds. The Bertz CT molecular complexity index is 563. The van der Waals surface area contributed by atoms with Crippen LogP contribution in [0, 0.1) is 0 Å². The Morgan fingerprint density at radius 3 is 2.67 bits per heavy atom. The molecule has 0 radical (unpaired) electrons. The van der Waals surface area contributed by atoms with Crippen molar-refractivity contribution in [2.24, 2.45) is 0 Å². The zero-order chi connectivity index (χ0) is 12.5. The first-order valence-electron chi connectivity index (χ1n) is 5.94. The predicted octanol–water partition coefficient (Wildman–Crippen LogP) is 3.36. The van der Waals surface area contributed by atoms with E-state index >= 15 is 0 Å². The number of aliphatic hydroxyl groups is 1. The highest BCUT2D eigenvalue weighted by molar-refractivity contribution is 6.30. The van der Waals surface area contributed by atoms with Crippen molar-refractivity contribution >= 4 is 11.6 Å². The first kappa shape index (κ1) is 11.6. The summed E-state index contributed by atoms with van der Waals surface area (Å²) < 4.78 is 5.61. The second kappa shape index (κ2) is 4.63. The molecule has 1 atom stereocenters. The molecule has 1 aliphatic rings. The fourth-order valence-electron chi connectivity index (χ4n) is 2.28. The van der Waals surface area contributed by atoms with Gasteiger partial charge >= 0.3 is 0 Å². The molecule has 0 fully saturated rings. The molecule has 18 heavy (non-hydrogen) atoms. The molecule has 1 aliphatic heterocycles. The average molecular weight is 261 g/mol. The quantitative estimate of drug-likeness (QED) is 0.897. The second-order valence-corrected chi connectivity index (χ2v) is 4.82. The third-order valence-electron chi connectivity index (χ3n) is 3.23. The molecule has 92 valence electrons. The van der Waals surface area contributed by atoms with Crippen LogP contribution >= 0.6 is 11.6 Å². The monoisotopic (exact) mass is 260 g/mol. The van der Waals surface area contributed by atoms with Crippen molar-refractivity contribution in [3.8, 4) is 5.75 Å². The van der Waals surface area contributed by atoms with Crippen LogP contribution < -0.4 is 4.74 Å². The molecule has 3 rings (SSSR count). The van der Waals surface area contributed by atoms with Crippen molar-refractivity contribution < 1.29 is 9.84 Å². The number of benzene rings is 2. The topological polar surface area (TPSA) is 29.5 Å². The van der Waals surface area contributed by atoms with Crippen molar-refractivity contribution in [2.45, 2.75) is 12.5 Å². The third-order valence-corrected chi connectivity index (χ3v) is 3.48. The highest BCUT2D eigenvalue weighted by atomic mass is 35.5. The van der Waals surface area contributed by atoms with E-state index in [1.807, 2.05) is 30.3 Å². The SMILES string of the molecule is OC(c1ccc(Cl)cc1)c1cccc2c1OCC2. The van der Waals surface area contributed by atoms with Crippen molar-refractivity contribution in [3.05, 3.63) is 64.2 Å². The summed E-state index contributed by atoms with van der Waals surface area (Å²) >= 11 is 5.85. The van der Waals surface area contributed by atoms with E-state index < -0.39 is 6.10 Å². The van der Waals surface area contributed by atoms with Crippen LogP contribution in [0.25, 0.3) is 0 Å². The molecule has 0 aliphatic carbocycles. The lowest BCUT2D eigenvalue weighted by Gasteiger charge is -2.15. The van der Waals surface area contributed by atoms with E-state index in [1.54, 1.807) is 12.1 Å². The number of hydrogen-bond acceptors (Lipinski definition) is 2. The Hall–Kier alpha value is -1.51. The minimum Gasteiger partial charge on any atom is -0.493 e. The van der Waals surface area contributed by atoms with Crippen LogP contribution in [0.4, 0.5) is 0 Å². The van der Waals surface area contributed by atoms with Crippen LogP contribution in [0.1, 0.15) is 22.8 Å². The molecule has 0 saturated heterocycles. The number of rotatable bonds is 2. The van der Waals surface area contributed by atoms with Crippen LogP contribution in [0.3, 0.4) is 0 Å². The fourth-order valence-corrected chi connectivity index (χ4v) is 2.41. The van der Waals surface area contributed by atoms with Crippen LogP contribution in [0.2, 0.25) is 5.02 Å². The number of para-hydroxylation sites is 1. The summed E-state index contributed by atoms with van der Waals surface area (Å²) in [6.07, 6.45) is 0.242. The molecule has 1 heterocycles. The van der Waals surface area contributed by atoms with Gasteiger partial charge in [-0.05, 0) is 23.3 Å². The largest absolute Gasteiger partial charge is 0.493 e. The van der Waals surface area contributed by atoms with Crippen LogP contribution in [-0.2, 0) is 6.42 Å². The lowest BCUT2D eigenvalue weighted by molar-refractivity contribution is 0.213. The standard InChI is InChI=1S/C15H13ClO2/c16-12-6-4-10(5-7-12)14(17)13-3-1-2-11-8-9-18-15(11)13/h1-7,14,17H,8-9H2. The molecule has 2 nitrogen and oxygen atoms in total. The number of halogens is 1. The molecule has 3 heteroatoms. The Morgan fingerprint density at radius 1 is 1.11 bits per heavy atom. The molecular formula is C15H13ClO2. The van der Waals surface area contributed by atoms with E-state index in [4.69, 9.17) is 16.3 Å². The van der Waals surface area contributed by atoms with Gasteiger partial charge in [-0.25, -0.2) is 0 Å². The zero-order valence-electron chi connectivity index (χ0n) is 9.77. The molecule has 0 aromatic heterocycles. The average Bonchev–Trinajstić information content (AvgIpc) is 2.87. The van der Waals surface area contributed by atoms with Crippen LogP contribution in [0.15, 0.2) is 42.5 Å². The van der Waals surface area contributed by atoms with E-state index in [0.717, 1.165) is 23.3 Å². The normalized spacial score (nSPS) is 15.0. The smallest absolute Gasteiger partial charge is 0.128 e. The Balaban J connectivity index is 2.00. The highest BCUT2D eigenvalue weighted by Gasteiger charge is 2.21. The van der Waals surface area contributed by atoms with Crippen molar-refractivity contribution in [2.75, 3.05) is 6.61 Å². The van der Waals surface area contributed by atoms with Gasteiger partial charge in [0.1, 0.15) is 11.9 Å². The molecule has 0 saturated carbocycles. The second-order valence-electron chi connectivity index (χ2n) is 4.39. The van der Waals surface area contributed by atoms with Gasteiger partial charge in [-0.2, -0.15) is 0 Å². The minimum absolute atomic E-state index is 0.667. The minimum atomic E-state index is -0.671. The van der Waals surface area contributed by atoms with Gasteiger partial charge < -0.3 is 9.84 Å². The molecule has 1 N–H and O–H groups in total. The summed E-state index contributed by atoms with van der Waals surface area (Å²) in [5.41, 5.74) is 2.82. The Kier molecular flexibility index (Phi) is 2.98. The van der Waals surface area contributed by atoms with Gasteiger partial charge in [0.15, 0.2) is 0 Å². The molecule has 0 bridgehead atoms. The predicted molar refractivity (Wildman–Crippen MR) is 71.2 cm³/mol. The van der Waals surface area contributed by atoms with Gasteiger partial charge in [-0.3, -0.25) is 0 Å². The zero-order valence-corrected chi connectivity index (χ0v) is 10.5. The van der Waals surface area contributed by atoms with Gasteiger partial charge in [0.25, 0.3) is 0 Å². The molecule has 0 spiro atoms. The first-order chi connectivity index (χ1) is 8.75. The van der Waals surface area contributed by atoms with Gasteiger partial charge in [0.05, 0.1) is 6.61 Å². The van der Waals surface area contributed by atoms with E-state index in [-0.39, 0.29) is 0 Å². The van der Waals surface area contributed by atoms with E-state index in [2.05, 4.69) is 0 Å².